The van der Waals surface area contributed by atoms with Crippen LogP contribution in [0.4, 0.5) is 0 Å². The topological polar surface area (TPSA) is 52.2 Å². The van der Waals surface area contributed by atoms with E-state index in [1.54, 1.807) is 25.2 Å². The van der Waals surface area contributed by atoms with Crippen LogP contribution in [0.5, 0.6) is 0 Å². The lowest BCUT2D eigenvalue weighted by Gasteiger charge is -1.94. The molecule has 0 bridgehead atoms. The summed E-state index contributed by atoms with van der Waals surface area (Å²) in [6, 6.07) is 4.93. The molecular weight excluding hydrogens is 170 g/mol. The molecule has 1 aromatic carbocycles. The van der Waals surface area contributed by atoms with Crippen LogP contribution >= 0.6 is 0 Å². The van der Waals surface area contributed by atoms with Gasteiger partial charge in [0.05, 0.1) is 10.9 Å². The standard InChI is InChI=1S/C9H7NO3/c1-10-8-6(5-11)3-2-4-7(8)9(12)13-10/h2-5H,1H3. The van der Waals surface area contributed by atoms with E-state index < -0.39 is 5.63 Å². The summed E-state index contributed by atoms with van der Waals surface area (Å²) in [6.45, 7) is 0. The molecule has 0 saturated heterocycles. The lowest BCUT2D eigenvalue weighted by atomic mass is 10.1. The van der Waals surface area contributed by atoms with Crippen molar-refractivity contribution in [3.8, 4) is 0 Å². The summed E-state index contributed by atoms with van der Waals surface area (Å²) in [5.41, 5.74) is 0.592. The van der Waals surface area contributed by atoms with Gasteiger partial charge in [-0.15, -0.1) is 0 Å². The zero-order valence-corrected chi connectivity index (χ0v) is 6.98. The van der Waals surface area contributed by atoms with E-state index in [4.69, 9.17) is 4.52 Å². The molecule has 0 aliphatic carbocycles. The first-order valence-electron chi connectivity index (χ1n) is 3.78. The van der Waals surface area contributed by atoms with Crippen LogP contribution in [-0.2, 0) is 7.05 Å². The average molecular weight is 177 g/mol. The number of rotatable bonds is 1. The Bertz CT molecular complexity index is 521. The van der Waals surface area contributed by atoms with Crippen LogP contribution in [0.3, 0.4) is 0 Å². The van der Waals surface area contributed by atoms with Gasteiger partial charge in [0.1, 0.15) is 0 Å². The van der Waals surface area contributed by atoms with Crippen molar-refractivity contribution in [1.82, 2.24) is 4.74 Å². The first-order chi connectivity index (χ1) is 6.24. The van der Waals surface area contributed by atoms with Crippen LogP contribution in [0.1, 0.15) is 10.4 Å². The third-order valence-electron chi connectivity index (χ3n) is 1.95. The fourth-order valence-corrected chi connectivity index (χ4v) is 1.39. The van der Waals surface area contributed by atoms with Crippen molar-refractivity contribution in [1.29, 1.82) is 0 Å². The fraction of sp³-hybridized carbons (Fsp3) is 0.111. The molecule has 66 valence electrons. The minimum absolute atomic E-state index is 0.416. The number of nitrogens with zero attached hydrogens (tertiary/aromatic N) is 1. The predicted octanol–water partition coefficient (Wildman–Crippen LogP) is 0.944. The molecule has 4 nitrogen and oxygen atoms in total. The molecule has 0 amide bonds. The van der Waals surface area contributed by atoms with Crippen molar-refractivity contribution in [3.63, 3.8) is 0 Å². The van der Waals surface area contributed by atoms with Crippen molar-refractivity contribution in [2.45, 2.75) is 0 Å². The van der Waals surface area contributed by atoms with Crippen molar-refractivity contribution in [2.75, 3.05) is 0 Å². The summed E-state index contributed by atoms with van der Waals surface area (Å²) in [7, 11) is 1.59. The van der Waals surface area contributed by atoms with E-state index in [0.717, 1.165) is 0 Å². The molecule has 2 rings (SSSR count). The lowest BCUT2D eigenvalue weighted by Crippen LogP contribution is -1.91. The zero-order valence-electron chi connectivity index (χ0n) is 6.98. The van der Waals surface area contributed by atoms with Crippen LogP contribution in [-0.4, -0.2) is 11.0 Å². The molecule has 0 aliphatic rings. The van der Waals surface area contributed by atoms with Gasteiger partial charge in [-0.05, 0) is 12.1 Å². The number of benzene rings is 1. The molecule has 0 spiro atoms. The molecule has 0 atom stereocenters. The van der Waals surface area contributed by atoms with Crippen LogP contribution < -0.4 is 5.63 Å². The molecule has 4 heteroatoms. The Labute approximate surface area is 73.3 Å². The number of carbonyl (C=O) groups is 1. The first kappa shape index (κ1) is 7.79. The number of carbonyl (C=O) groups excluding carboxylic acids is 1. The number of fused-ring (bicyclic) bond motifs is 1. The Morgan fingerprint density at radius 1 is 1.46 bits per heavy atom. The van der Waals surface area contributed by atoms with Gasteiger partial charge in [-0.3, -0.25) is 4.79 Å². The van der Waals surface area contributed by atoms with Gasteiger partial charge in [0.25, 0.3) is 0 Å². The second-order valence-corrected chi connectivity index (χ2v) is 2.74. The van der Waals surface area contributed by atoms with E-state index in [2.05, 4.69) is 0 Å². The van der Waals surface area contributed by atoms with Gasteiger partial charge in [-0.2, -0.15) is 0 Å². The van der Waals surface area contributed by atoms with Gasteiger partial charge >= 0.3 is 5.63 Å². The highest BCUT2D eigenvalue weighted by Gasteiger charge is 2.09. The lowest BCUT2D eigenvalue weighted by molar-refractivity contribution is 0.112. The summed E-state index contributed by atoms with van der Waals surface area (Å²) in [6.07, 6.45) is 0.706. The van der Waals surface area contributed by atoms with Crippen molar-refractivity contribution in [3.05, 3.63) is 34.2 Å². The van der Waals surface area contributed by atoms with Crippen molar-refractivity contribution < 1.29 is 9.32 Å². The molecule has 0 N–H and O–H groups in total. The summed E-state index contributed by atoms with van der Waals surface area (Å²) < 4.78 is 6.12. The molecule has 0 fully saturated rings. The Morgan fingerprint density at radius 2 is 2.23 bits per heavy atom. The second kappa shape index (κ2) is 2.58. The van der Waals surface area contributed by atoms with Gasteiger partial charge in [0, 0.05) is 12.6 Å². The number of aromatic nitrogens is 1. The van der Waals surface area contributed by atoms with E-state index in [1.807, 2.05) is 0 Å². The molecule has 0 saturated carbocycles. The van der Waals surface area contributed by atoms with Crippen LogP contribution in [0.2, 0.25) is 0 Å². The summed E-state index contributed by atoms with van der Waals surface area (Å²) >= 11 is 0. The van der Waals surface area contributed by atoms with E-state index >= 15 is 0 Å². The summed E-state index contributed by atoms with van der Waals surface area (Å²) in [4.78, 5) is 21.8. The van der Waals surface area contributed by atoms with Crippen LogP contribution in [0.15, 0.2) is 27.5 Å². The molecule has 0 aliphatic heterocycles. The van der Waals surface area contributed by atoms with Gasteiger partial charge in [0.2, 0.25) is 0 Å². The normalized spacial score (nSPS) is 10.5. The molecule has 0 radical (unpaired) electrons. The Kier molecular flexibility index (Phi) is 1.55. The second-order valence-electron chi connectivity index (χ2n) is 2.74. The quantitative estimate of drug-likeness (QED) is 0.609. The Balaban J connectivity index is 3.05. The van der Waals surface area contributed by atoms with Gasteiger partial charge in [-0.1, -0.05) is 6.07 Å². The zero-order chi connectivity index (χ0) is 9.42. The molecule has 2 aromatic rings. The molecule has 1 aromatic heterocycles. The SMILES string of the molecule is Cn1oc(=O)c2cccc(C=O)c21. The van der Waals surface area contributed by atoms with Gasteiger partial charge < -0.3 is 4.52 Å². The first-order valence-corrected chi connectivity index (χ1v) is 3.78. The fourth-order valence-electron chi connectivity index (χ4n) is 1.39. The highest BCUT2D eigenvalue weighted by Crippen LogP contribution is 2.13. The van der Waals surface area contributed by atoms with Gasteiger partial charge in [0.15, 0.2) is 6.29 Å². The third-order valence-corrected chi connectivity index (χ3v) is 1.95. The van der Waals surface area contributed by atoms with E-state index in [9.17, 15) is 9.59 Å². The van der Waals surface area contributed by atoms with Crippen molar-refractivity contribution >= 4 is 17.2 Å². The number of aryl methyl sites for hydroxylation is 1. The van der Waals surface area contributed by atoms with Crippen LogP contribution in [0.25, 0.3) is 10.9 Å². The number of hydrogen-bond donors (Lipinski definition) is 0. The van der Waals surface area contributed by atoms with Crippen molar-refractivity contribution in [2.24, 2.45) is 7.05 Å². The van der Waals surface area contributed by atoms with Gasteiger partial charge in [-0.25, -0.2) is 9.53 Å². The van der Waals surface area contributed by atoms with Crippen LogP contribution in [0, 0.1) is 0 Å². The minimum Gasteiger partial charge on any atom is -0.335 e. The Hall–Kier alpha value is -1.84. The summed E-state index contributed by atoms with van der Waals surface area (Å²) in [5, 5.41) is 0.437. The number of para-hydroxylation sites is 1. The largest absolute Gasteiger partial charge is 0.365 e. The maximum absolute atomic E-state index is 11.2. The maximum Gasteiger partial charge on any atom is 0.365 e. The average Bonchev–Trinajstić information content (AvgIpc) is 2.43. The molecule has 13 heavy (non-hydrogen) atoms. The highest BCUT2D eigenvalue weighted by molar-refractivity contribution is 5.95. The Morgan fingerprint density at radius 3 is 2.92 bits per heavy atom. The van der Waals surface area contributed by atoms with E-state index in [0.29, 0.717) is 22.8 Å². The molecule has 0 unspecified atom stereocenters. The highest BCUT2D eigenvalue weighted by atomic mass is 16.5. The number of hydrogen-bond acceptors (Lipinski definition) is 3. The van der Waals surface area contributed by atoms with E-state index in [-0.39, 0.29) is 0 Å². The predicted molar refractivity (Wildman–Crippen MR) is 46.8 cm³/mol. The minimum atomic E-state index is -0.416. The monoisotopic (exact) mass is 177 g/mol. The number of aldehydes is 1. The molecule has 1 heterocycles. The maximum atomic E-state index is 11.2. The molecular formula is C9H7NO3. The summed E-state index contributed by atoms with van der Waals surface area (Å²) in [5.74, 6) is 0. The van der Waals surface area contributed by atoms with E-state index in [1.165, 1.54) is 4.74 Å². The third kappa shape index (κ3) is 0.989. The smallest absolute Gasteiger partial charge is 0.335 e.